The Kier molecular flexibility index (Phi) is 6.37. The van der Waals surface area contributed by atoms with Gasteiger partial charge in [0.1, 0.15) is 24.3 Å². The predicted molar refractivity (Wildman–Crippen MR) is 110 cm³/mol. The molecule has 0 bridgehead atoms. The van der Waals surface area contributed by atoms with Crippen molar-refractivity contribution in [3.05, 3.63) is 65.5 Å². The number of carbonyl (C=O) groups is 1. The predicted octanol–water partition coefficient (Wildman–Crippen LogP) is 2.75. The second-order valence-electron chi connectivity index (χ2n) is 6.81. The van der Waals surface area contributed by atoms with Gasteiger partial charge in [-0.2, -0.15) is 0 Å². The Balaban J connectivity index is 1.43. The van der Waals surface area contributed by atoms with Crippen LogP contribution in [-0.2, 0) is 11.2 Å². The van der Waals surface area contributed by atoms with Gasteiger partial charge in [0, 0.05) is 31.3 Å². The van der Waals surface area contributed by atoms with Crippen LogP contribution in [0.15, 0.2) is 43.0 Å². The van der Waals surface area contributed by atoms with E-state index in [1.165, 1.54) is 17.5 Å². The SMILES string of the molecule is Cc1cccc(CCC(=O)NCCNc2cc(-n3cnc(C)c3C)ncn2)c1. The van der Waals surface area contributed by atoms with Gasteiger partial charge in [0.2, 0.25) is 5.91 Å². The molecule has 0 aliphatic heterocycles. The minimum Gasteiger partial charge on any atom is -0.368 e. The fourth-order valence-electron chi connectivity index (χ4n) is 2.91. The quantitative estimate of drug-likeness (QED) is 0.589. The highest BCUT2D eigenvalue weighted by atomic mass is 16.1. The van der Waals surface area contributed by atoms with E-state index < -0.39 is 0 Å². The Bertz CT molecular complexity index is 950. The van der Waals surface area contributed by atoms with E-state index in [4.69, 9.17) is 0 Å². The first-order valence-corrected chi connectivity index (χ1v) is 9.42. The lowest BCUT2D eigenvalue weighted by Crippen LogP contribution is -2.29. The summed E-state index contributed by atoms with van der Waals surface area (Å²) in [6, 6.07) is 10.1. The summed E-state index contributed by atoms with van der Waals surface area (Å²) in [5.74, 6) is 1.53. The number of benzene rings is 1. The second kappa shape index (κ2) is 9.12. The number of nitrogens with one attached hydrogen (secondary N) is 2. The number of anilines is 1. The molecule has 3 rings (SSSR count). The van der Waals surface area contributed by atoms with Gasteiger partial charge in [-0.15, -0.1) is 0 Å². The molecule has 0 aliphatic carbocycles. The molecule has 0 saturated carbocycles. The highest BCUT2D eigenvalue weighted by Crippen LogP contribution is 2.13. The van der Waals surface area contributed by atoms with Crippen LogP contribution < -0.4 is 10.6 Å². The Morgan fingerprint density at radius 3 is 2.68 bits per heavy atom. The molecule has 0 unspecified atom stereocenters. The molecule has 0 saturated heterocycles. The summed E-state index contributed by atoms with van der Waals surface area (Å²) in [5, 5.41) is 6.15. The van der Waals surface area contributed by atoms with E-state index in [2.05, 4.69) is 50.7 Å². The van der Waals surface area contributed by atoms with Crippen LogP contribution in [0.25, 0.3) is 5.82 Å². The van der Waals surface area contributed by atoms with E-state index in [-0.39, 0.29) is 5.91 Å². The smallest absolute Gasteiger partial charge is 0.220 e. The van der Waals surface area contributed by atoms with Crippen molar-refractivity contribution in [2.24, 2.45) is 0 Å². The van der Waals surface area contributed by atoms with Gasteiger partial charge >= 0.3 is 0 Å². The molecule has 2 aromatic heterocycles. The summed E-state index contributed by atoms with van der Waals surface area (Å²) in [5.41, 5.74) is 4.42. The number of hydrogen-bond donors (Lipinski definition) is 2. The van der Waals surface area contributed by atoms with Crippen molar-refractivity contribution in [1.82, 2.24) is 24.8 Å². The summed E-state index contributed by atoms with van der Waals surface area (Å²) >= 11 is 0. The number of hydrogen-bond acceptors (Lipinski definition) is 5. The van der Waals surface area contributed by atoms with E-state index in [1.54, 1.807) is 6.33 Å². The summed E-state index contributed by atoms with van der Waals surface area (Å²) in [7, 11) is 0. The number of rotatable bonds is 8. The van der Waals surface area contributed by atoms with Crippen molar-refractivity contribution in [1.29, 1.82) is 0 Å². The monoisotopic (exact) mass is 378 g/mol. The van der Waals surface area contributed by atoms with Crippen LogP contribution in [-0.4, -0.2) is 38.5 Å². The molecule has 0 radical (unpaired) electrons. The number of nitrogens with zero attached hydrogens (tertiary/aromatic N) is 4. The Morgan fingerprint density at radius 1 is 1.07 bits per heavy atom. The fourth-order valence-corrected chi connectivity index (χ4v) is 2.91. The van der Waals surface area contributed by atoms with Gasteiger partial charge in [0.15, 0.2) is 0 Å². The lowest BCUT2D eigenvalue weighted by atomic mass is 10.1. The van der Waals surface area contributed by atoms with E-state index in [9.17, 15) is 4.79 Å². The van der Waals surface area contributed by atoms with Crippen LogP contribution in [0.2, 0.25) is 0 Å². The molecule has 1 aromatic carbocycles. The maximum Gasteiger partial charge on any atom is 0.220 e. The van der Waals surface area contributed by atoms with Gasteiger partial charge in [0.05, 0.1) is 5.69 Å². The molecule has 7 heteroatoms. The average Bonchev–Trinajstić information content (AvgIpc) is 3.03. The maximum atomic E-state index is 12.0. The maximum absolute atomic E-state index is 12.0. The van der Waals surface area contributed by atoms with E-state index in [1.807, 2.05) is 30.5 Å². The van der Waals surface area contributed by atoms with Gasteiger partial charge in [-0.1, -0.05) is 29.8 Å². The number of imidazole rings is 1. The van der Waals surface area contributed by atoms with Crippen molar-refractivity contribution in [3.63, 3.8) is 0 Å². The van der Waals surface area contributed by atoms with Crippen LogP contribution in [0, 0.1) is 20.8 Å². The highest BCUT2D eigenvalue weighted by molar-refractivity contribution is 5.76. The van der Waals surface area contributed by atoms with Crippen LogP contribution in [0.1, 0.15) is 28.9 Å². The fraction of sp³-hybridized carbons (Fsp3) is 0.333. The molecular weight excluding hydrogens is 352 g/mol. The zero-order valence-electron chi connectivity index (χ0n) is 16.6. The van der Waals surface area contributed by atoms with Gasteiger partial charge in [0.25, 0.3) is 0 Å². The van der Waals surface area contributed by atoms with Crippen molar-refractivity contribution >= 4 is 11.7 Å². The van der Waals surface area contributed by atoms with E-state index in [0.29, 0.717) is 25.3 Å². The van der Waals surface area contributed by atoms with Crippen molar-refractivity contribution < 1.29 is 4.79 Å². The molecule has 0 fully saturated rings. The van der Waals surface area contributed by atoms with Crippen molar-refractivity contribution in [3.8, 4) is 5.82 Å². The van der Waals surface area contributed by atoms with Gasteiger partial charge in [-0.05, 0) is 32.8 Å². The number of aromatic nitrogens is 4. The molecule has 1 amide bonds. The molecule has 3 aromatic rings. The highest BCUT2D eigenvalue weighted by Gasteiger charge is 2.07. The standard InChI is InChI=1S/C21H26N6O/c1-15-5-4-6-18(11-15)7-8-21(28)23-10-9-22-19-12-20(25-13-24-19)27-14-26-16(2)17(27)3/h4-6,11-14H,7-10H2,1-3H3,(H,23,28)(H,22,24,25). The van der Waals surface area contributed by atoms with Crippen LogP contribution >= 0.6 is 0 Å². The molecule has 146 valence electrons. The van der Waals surface area contributed by atoms with Gasteiger partial charge in [-0.25, -0.2) is 15.0 Å². The van der Waals surface area contributed by atoms with Crippen LogP contribution in [0.5, 0.6) is 0 Å². The van der Waals surface area contributed by atoms with Crippen molar-refractivity contribution in [2.75, 3.05) is 18.4 Å². The number of aryl methyl sites for hydroxylation is 3. The summed E-state index contributed by atoms with van der Waals surface area (Å²) in [4.78, 5) is 24.8. The molecule has 28 heavy (non-hydrogen) atoms. The molecule has 7 nitrogen and oxygen atoms in total. The van der Waals surface area contributed by atoms with Crippen LogP contribution in [0.4, 0.5) is 5.82 Å². The zero-order chi connectivity index (χ0) is 19.9. The van der Waals surface area contributed by atoms with Gasteiger partial charge in [-0.3, -0.25) is 9.36 Å². The Morgan fingerprint density at radius 2 is 1.93 bits per heavy atom. The lowest BCUT2D eigenvalue weighted by molar-refractivity contribution is -0.120. The first-order chi connectivity index (χ1) is 13.5. The number of amides is 1. The Labute approximate surface area is 165 Å². The molecule has 0 atom stereocenters. The minimum atomic E-state index is 0.0520. The average molecular weight is 378 g/mol. The van der Waals surface area contributed by atoms with Gasteiger partial charge < -0.3 is 10.6 Å². The molecule has 0 spiro atoms. The topological polar surface area (TPSA) is 84.7 Å². The van der Waals surface area contributed by atoms with Crippen molar-refractivity contribution in [2.45, 2.75) is 33.6 Å². The first kappa shape index (κ1) is 19.5. The summed E-state index contributed by atoms with van der Waals surface area (Å²) in [6.45, 7) is 7.16. The molecule has 0 aliphatic rings. The molecule has 2 N–H and O–H groups in total. The Hall–Kier alpha value is -3.22. The van der Waals surface area contributed by atoms with E-state index >= 15 is 0 Å². The van der Waals surface area contributed by atoms with Crippen LogP contribution in [0.3, 0.4) is 0 Å². The zero-order valence-corrected chi connectivity index (χ0v) is 16.6. The summed E-state index contributed by atoms with van der Waals surface area (Å²) in [6.07, 6.45) is 4.51. The first-order valence-electron chi connectivity index (χ1n) is 9.42. The van der Waals surface area contributed by atoms with E-state index in [0.717, 1.165) is 23.6 Å². The number of carbonyl (C=O) groups excluding carboxylic acids is 1. The molecular formula is C21H26N6O. The largest absolute Gasteiger partial charge is 0.368 e. The summed E-state index contributed by atoms with van der Waals surface area (Å²) < 4.78 is 1.93. The third kappa shape index (κ3) is 5.16. The minimum absolute atomic E-state index is 0.0520. The molecule has 2 heterocycles. The third-order valence-corrected chi connectivity index (χ3v) is 4.63. The normalized spacial score (nSPS) is 10.7. The lowest BCUT2D eigenvalue weighted by Gasteiger charge is -2.09. The third-order valence-electron chi connectivity index (χ3n) is 4.63. The second-order valence-corrected chi connectivity index (χ2v) is 6.81.